The summed E-state index contributed by atoms with van der Waals surface area (Å²) in [7, 11) is 0. The van der Waals surface area contributed by atoms with Crippen LogP contribution < -0.4 is 5.32 Å². The highest BCUT2D eigenvalue weighted by Gasteiger charge is 2.09. The largest absolute Gasteiger partial charge is 0.362 e. The molecule has 0 heterocycles. The second kappa shape index (κ2) is 3.71. The van der Waals surface area contributed by atoms with Gasteiger partial charge in [-0.2, -0.15) is 0 Å². The van der Waals surface area contributed by atoms with Crippen LogP contribution in [0.4, 0.5) is 11.4 Å². The fourth-order valence-electron chi connectivity index (χ4n) is 1.01. The summed E-state index contributed by atoms with van der Waals surface area (Å²) < 4.78 is 0. The average Bonchev–Trinajstić information content (AvgIpc) is 2.08. The van der Waals surface area contributed by atoms with Gasteiger partial charge in [-0.05, 0) is 19.2 Å². The third-order valence-corrected chi connectivity index (χ3v) is 1.67. The Hall–Kier alpha value is -1.84. The Morgan fingerprint density at radius 2 is 2.31 bits per heavy atom. The second-order valence-electron chi connectivity index (χ2n) is 2.61. The maximum Gasteiger partial charge on any atom is 0.274 e. The molecule has 0 bridgehead atoms. The maximum atomic E-state index is 10.5. The van der Waals surface area contributed by atoms with Gasteiger partial charge in [0.25, 0.3) is 5.69 Å². The summed E-state index contributed by atoms with van der Waals surface area (Å²) in [5.74, 6) is 0. The quantitative estimate of drug-likeness (QED) is 0.571. The van der Waals surface area contributed by atoms with Crippen LogP contribution in [-0.4, -0.2) is 4.92 Å². The van der Waals surface area contributed by atoms with Crippen molar-refractivity contribution in [2.75, 3.05) is 5.32 Å². The molecule has 0 aromatic heterocycles. The van der Waals surface area contributed by atoms with Gasteiger partial charge in [0.05, 0.1) is 4.92 Å². The Morgan fingerprint density at radius 1 is 1.62 bits per heavy atom. The minimum absolute atomic E-state index is 0.117. The number of anilines is 1. The molecule has 0 saturated heterocycles. The molecule has 1 aromatic carbocycles. The Labute approximate surface area is 76.0 Å². The Morgan fingerprint density at radius 3 is 2.85 bits per heavy atom. The molecule has 0 radical (unpaired) electrons. The van der Waals surface area contributed by atoms with Gasteiger partial charge in [-0.1, -0.05) is 12.6 Å². The number of aryl methyl sites for hydroxylation is 1. The zero-order valence-electron chi connectivity index (χ0n) is 7.28. The summed E-state index contributed by atoms with van der Waals surface area (Å²) in [6.45, 7) is 5.18. The molecule has 0 unspecified atom stereocenters. The summed E-state index contributed by atoms with van der Waals surface area (Å²) in [5, 5.41) is 13.3. The van der Waals surface area contributed by atoms with Crippen molar-refractivity contribution in [2.45, 2.75) is 6.92 Å². The third-order valence-electron chi connectivity index (χ3n) is 1.67. The van der Waals surface area contributed by atoms with Gasteiger partial charge in [-0.15, -0.1) is 0 Å². The number of hydrogen-bond acceptors (Lipinski definition) is 3. The molecule has 0 atom stereocenters. The lowest BCUT2D eigenvalue weighted by Crippen LogP contribution is -1.93. The van der Waals surface area contributed by atoms with Crippen LogP contribution in [0.3, 0.4) is 0 Å². The number of nitro groups is 1. The molecule has 1 aromatic rings. The van der Waals surface area contributed by atoms with Gasteiger partial charge >= 0.3 is 0 Å². The first-order chi connectivity index (χ1) is 6.15. The van der Waals surface area contributed by atoms with Gasteiger partial charge in [-0.3, -0.25) is 10.1 Å². The molecule has 0 aliphatic carbocycles. The van der Waals surface area contributed by atoms with Gasteiger partial charge in [0.2, 0.25) is 0 Å². The van der Waals surface area contributed by atoms with Crippen molar-refractivity contribution >= 4 is 11.4 Å². The van der Waals surface area contributed by atoms with E-state index in [1.54, 1.807) is 19.1 Å². The van der Waals surface area contributed by atoms with Crippen molar-refractivity contribution in [3.8, 4) is 0 Å². The van der Waals surface area contributed by atoms with Crippen LogP contribution in [0.2, 0.25) is 0 Å². The van der Waals surface area contributed by atoms with E-state index >= 15 is 0 Å². The van der Waals surface area contributed by atoms with E-state index in [1.807, 2.05) is 0 Å². The van der Waals surface area contributed by atoms with Gasteiger partial charge in [0.1, 0.15) is 0 Å². The van der Waals surface area contributed by atoms with Crippen molar-refractivity contribution in [1.82, 2.24) is 0 Å². The van der Waals surface area contributed by atoms with Crippen molar-refractivity contribution in [2.24, 2.45) is 0 Å². The Kier molecular flexibility index (Phi) is 2.64. The van der Waals surface area contributed by atoms with Crippen LogP contribution >= 0.6 is 0 Å². The number of nitrogens with zero attached hydrogens (tertiary/aromatic N) is 1. The van der Waals surface area contributed by atoms with Crippen LogP contribution in [0.25, 0.3) is 0 Å². The number of nitrogens with one attached hydrogen (secondary N) is 1. The lowest BCUT2D eigenvalue weighted by Gasteiger charge is -2.01. The maximum absolute atomic E-state index is 10.5. The van der Waals surface area contributed by atoms with Crippen LogP contribution in [0.15, 0.2) is 31.0 Å². The highest BCUT2D eigenvalue weighted by molar-refractivity contribution is 5.55. The monoisotopic (exact) mass is 178 g/mol. The van der Waals surface area contributed by atoms with E-state index < -0.39 is 4.92 Å². The van der Waals surface area contributed by atoms with Crippen LogP contribution in [0.5, 0.6) is 0 Å². The van der Waals surface area contributed by atoms with Gasteiger partial charge in [-0.25, -0.2) is 0 Å². The zero-order valence-corrected chi connectivity index (χ0v) is 7.28. The first-order valence-corrected chi connectivity index (χ1v) is 3.77. The van der Waals surface area contributed by atoms with Gasteiger partial charge in [0.15, 0.2) is 0 Å². The van der Waals surface area contributed by atoms with E-state index in [9.17, 15) is 10.1 Å². The predicted molar refractivity (Wildman–Crippen MR) is 51.7 cm³/mol. The lowest BCUT2D eigenvalue weighted by atomic mass is 10.2. The number of nitro benzene ring substituents is 1. The minimum atomic E-state index is -0.399. The van der Waals surface area contributed by atoms with Crippen molar-refractivity contribution < 1.29 is 4.92 Å². The third kappa shape index (κ3) is 2.05. The number of hydrogen-bond donors (Lipinski definition) is 1. The highest BCUT2D eigenvalue weighted by Crippen LogP contribution is 2.21. The molecule has 1 rings (SSSR count). The smallest absolute Gasteiger partial charge is 0.274 e. The molecule has 4 heteroatoms. The molecule has 13 heavy (non-hydrogen) atoms. The fourth-order valence-corrected chi connectivity index (χ4v) is 1.01. The molecule has 0 aliphatic rings. The molecular formula is C9H10N2O2. The zero-order chi connectivity index (χ0) is 9.84. The normalized spacial score (nSPS) is 9.31. The summed E-state index contributed by atoms with van der Waals surface area (Å²) in [6, 6.07) is 4.95. The van der Waals surface area contributed by atoms with Gasteiger partial charge < -0.3 is 5.32 Å². The first kappa shape index (κ1) is 9.25. The van der Waals surface area contributed by atoms with Crippen molar-refractivity contribution in [3.63, 3.8) is 0 Å². The number of benzene rings is 1. The molecule has 1 N–H and O–H groups in total. The SMILES string of the molecule is C=CNc1ccc(C)c([N+](=O)[O-])c1. The molecule has 0 amide bonds. The first-order valence-electron chi connectivity index (χ1n) is 3.77. The van der Waals surface area contributed by atoms with E-state index in [0.717, 1.165) is 0 Å². The van der Waals surface area contributed by atoms with E-state index in [-0.39, 0.29) is 5.69 Å². The molecule has 68 valence electrons. The summed E-state index contributed by atoms with van der Waals surface area (Å²) in [5.41, 5.74) is 1.44. The van der Waals surface area contributed by atoms with E-state index in [0.29, 0.717) is 11.3 Å². The van der Waals surface area contributed by atoms with E-state index in [2.05, 4.69) is 11.9 Å². The van der Waals surface area contributed by atoms with Gasteiger partial charge in [0, 0.05) is 17.3 Å². The van der Waals surface area contributed by atoms with Crippen LogP contribution in [0.1, 0.15) is 5.56 Å². The molecule has 0 aliphatic heterocycles. The highest BCUT2D eigenvalue weighted by atomic mass is 16.6. The van der Waals surface area contributed by atoms with E-state index in [1.165, 1.54) is 12.3 Å². The average molecular weight is 178 g/mol. The van der Waals surface area contributed by atoms with Crippen LogP contribution in [-0.2, 0) is 0 Å². The predicted octanol–water partition coefficient (Wildman–Crippen LogP) is 2.46. The Balaban J connectivity index is 3.10. The summed E-state index contributed by atoms with van der Waals surface area (Å²) >= 11 is 0. The molecule has 4 nitrogen and oxygen atoms in total. The summed E-state index contributed by atoms with van der Waals surface area (Å²) in [4.78, 5) is 10.1. The lowest BCUT2D eigenvalue weighted by molar-refractivity contribution is -0.385. The molecular weight excluding hydrogens is 168 g/mol. The fraction of sp³-hybridized carbons (Fsp3) is 0.111. The summed E-state index contributed by atoms with van der Waals surface area (Å²) in [6.07, 6.45) is 1.48. The number of rotatable bonds is 3. The minimum Gasteiger partial charge on any atom is -0.362 e. The van der Waals surface area contributed by atoms with E-state index in [4.69, 9.17) is 0 Å². The standard InChI is InChI=1S/C9H10N2O2/c1-3-10-8-5-4-7(2)9(6-8)11(12)13/h3-6,10H,1H2,2H3. The molecule has 0 spiro atoms. The topological polar surface area (TPSA) is 55.2 Å². The molecule has 0 fully saturated rings. The van der Waals surface area contributed by atoms with Crippen molar-refractivity contribution in [1.29, 1.82) is 0 Å². The van der Waals surface area contributed by atoms with Crippen LogP contribution in [0, 0.1) is 17.0 Å². The van der Waals surface area contributed by atoms with Crippen molar-refractivity contribution in [3.05, 3.63) is 46.7 Å². The Bertz CT molecular complexity index is 347. The molecule has 0 saturated carbocycles. The second-order valence-corrected chi connectivity index (χ2v) is 2.61.